The van der Waals surface area contributed by atoms with Gasteiger partial charge >= 0.3 is 12.1 Å². The molecule has 1 aliphatic rings. The van der Waals surface area contributed by atoms with E-state index in [2.05, 4.69) is 34.6 Å². The Morgan fingerprint density at radius 2 is 1.71 bits per heavy atom. The van der Waals surface area contributed by atoms with Crippen LogP contribution in [-0.4, -0.2) is 31.9 Å². The average Bonchev–Trinajstić information content (AvgIpc) is 2.38. The summed E-state index contributed by atoms with van der Waals surface area (Å²) in [4.78, 5) is 23.1. The Bertz CT molecular complexity index is 387. The van der Waals surface area contributed by atoms with E-state index >= 15 is 0 Å². The summed E-state index contributed by atoms with van der Waals surface area (Å²) in [7, 11) is 0. The van der Waals surface area contributed by atoms with E-state index in [0.717, 1.165) is 12.8 Å². The van der Waals surface area contributed by atoms with Crippen molar-refractivity contribution in [3.63, 3.8) is 0 Å². The quantitative estimate of drug-likeness (QED) is 0.702. The van der Waals surface area contributed by atoms with E-state index in [0.29, 0.717) is 6.61 Å². The molecular formula is C16H28O5. The van der Waals surface area contributed by atoms with Crippen LogP contribution in [0.2, 0.25) is 0 Å². The molecule has 0 N–H and O–H groups in total. The lowest BCUT2D eigenvalue weighted by molar-refractivity contribution is -0.169. The summed E-state index contributed by atoms with van der Waals surface area (Å²) >= 11 is 0. The highest BCUT2D eigenvalue weighted by Crippen LogP contribution is 2.36. The Morgan fingerprint density at radius 1 is 1.19 bits per heavy atom. The fraction of sp³-hybridized carbons (Fsp3) is 0.875. The number of hydrogen-bond donors (Lipinski definition) is 0. The summed E-state index contributed by atoms with van der Waals surface area (Å²) in [6.07, 6.45) is 1.31. The lowest BCUT2D eigenvalue weighted by atomic mass is 9.74. The predicted octanol–water partition coefficient (Wildman–Crippen LogP) is 3.56. The van der Waals surface area contributed by atoms with Crippen LogP contribution in [0.4, 0.5) is 4.79 Å². The van der Waals surface area contributed by atoms with Gasteiger partial charge in [-0.2, -0.15) is 0 Å². The maximum Gasteiger partial charge on any atom is 0.508 e. The van der Waals surface area contributed by atoms with Crippen LogP contribution in [0, 0.1) is 16.2 Å². The summed E-state index contributed by atoms with van der Waals surface area (Å²) in [6, 6.07) is 0. The Kier molecular flexibility index (Phi) is 5.29. The molecule has 1 aliphatic heterocycles. The molecule has 0 atom stereocenters. The van der Waals surface area contributed by atoms with Gasteiger partial charge < -0.3 is 14.2 Å². The summed E-state index contributed by atoms with van der Waals surface area (Å²) in [5.74, 6) is -0.377. The van der Waals surface area contributed by atoms with Crippen LogP contribution in [0.1, 0.15) is 54.4 Å². The normalized spacial score (nSPS) is 18.7. The molecule has 0 aromatic rings. The minimum absolute atomic E-state index is 0.00550. The van der Waals surface area contributed by atoms with Crippen LogP contribution in [0.25, 0.3) is 0 Å². The van der Waals surface area contributed by atoms with Crippen LogP contribution >= 0.6 is 0 Å². The molecule has 122 valence electrons. The third-order valence-electron chi connectivity index (χ3n) is 4.02. The highest BCUT2D eigenvalue weighted by molar-refractivity contribution is 5.78. The minimum Gasteiger partial charge on any atom is -0.465 e. The van der Waals surface area contributed by atoms with Crippen molar-refractivity contribution in [1.82, 2.24) is 0 Å². The number of rotatable bonds is 6. The Morgan fingerprint density at radius 3 is 2.19 bits per heavy atom. The topological polar surface area (TPSA) is 61.8 Å². The molecule has 0 saturated carbocycles. The molecule has 0 amide bonds. The smallest absolute Gasteiger partial charge is 0.465 e. The second-order valence-electron chi connectivity index (χ2n) is 7.82. The van der Waals surface area contributed by atoms with Gasteiger partial charge in [0.05, 0.1) is 6.61 Å². The first-order valence-electron chi connectivity index (χ1n) is 7.47. The molecule has 21 heavy (non-hydrogen) atoms. The third-order valence-corrected chi connectivity index (χ3v) is 4.02. The molecule has 0 bridgehead atoms. The molecule has 0 spiro atoms. The molecule has 5 heteroatoms. The number of cyclic esters (lactones) is 2. The first-order chi connectivity index (χ1) is 9.50. The Labute approximate surface area is 127 Å². The van der Waals surface area contributed by atoms with E-state index in [1.807, 2.05) is 0 Å². The van der Waals surface area contributed by atoms with Crippen molar-refractivity contribution < 1.29 is 23.8 Å². The van der Waals surface area contributed by atoms with Crippen LogP contribution in [-0.2, 0) is 19.0 Å². The molecule has 1 saturated heterocycles. The summed E-state index contributed by atoms with van der Waals surface area (Å²) in [5, 5.41) is 0. The number of carbonyl (C=O) groups excluding carboxylic acids is 2. The molecule has 1 heterocycles. The van der Waals surface area contributed by atoms with Gasteiger partial charge in [0.25, 0.3) is 0 Å². The van der Waals surface area contributed by atoms with Gasteiger partial charge in [0.15, 0.2) is 0 Å². The van der Waals surface area contributed by atoms with Crippen molar-refractivity contribution in [1.29, 1.82) is 0 Å². The maximum absolute atomic E-state index is 12.2. The largest absolute Gasteiger partial charge is 0.508 e. The lowest BCUT2D eigenvalue weighted by Gasteiger charge is -2.35. The van der Waals surface area contributed by atoms with Crippen molar-refractivity contribution in [2.75, 3.05) is 19.8 Å². The molecule has 1 rings (SSSR count). The Balaban J connectivity index is 2.54. The van der Waals surface area contributed by atoms with Crippen molar-refractivity contribution in [2.45, 2.75) is 54.4 Å². The van der Waals surface area contributed by atoms with Gasteiger partial charge in [-0.1, -0.05) is 41.0 Å². The van der Waals surface area contributed by atoms with Crippen LogP contribution in [0.5, 0.6) is 0 Å². The molecule has 5 nitrogen and oxygen atoms in total. The van der Waals surface area contributed by atoms with Crippen molar-refractivity contribution in [3.05, 3.63) is 0 Å². The third kappa shape index (κ3) is 5.21. The Hall–Kier alpha value is -1.26. The molecule has 0 aromatic heterocycles. The van der Waals surface area contributed by atoms with Gasteiger partial charge in [-0.15, -0.1) is 0 Å². The molecule has 1 fully saturated rings. The second-order valence-corrected chi connectivity index (χ2v) is 7.82. The second kappa shape index (κ2) is 6.24. The van der Waals surface area contributed by atoms with Crippen molar-refractivity contribution in [3.8, 4) is 0 Å². The van der Waals surface area contributed by atoms with Crippen LogP contribution in [0.15, 0.2) is 0 Å². The van der Waals surface area contributed by atoms with Gasteiger partial charge in [0.1, 0.15) is 18.6 Å². The van der Waals surface area contributed by atoms with E-state index in [9.17, 15) is 9.59 Å². The molecule has 0 aliphatic carbocycles. The van der Waals surface area contributed by atoms with Gasteiger partial charge in [-0.3, -0.25) is 4.79 Å². The van der Waals surface area contributed by atoms with E-state index in [-0.39, 0.29) is 30.0 Å². The van der Waals surface area contributed by atoms with Gasteiger partial charge in [0, 0.05) is 0 Å². The number of carbonyl (C=O) groups is 2. The van der Waals surface area contributed by atoms with Crippen molar-refractivity contribution in [2.24, 2.45) is 16.2 Å². The highest BCUT2D eigenvalue weighted by atomic mass is 16.7. The highest BCUT2D eigenvalue weighted by Gasteiger charge is 2.42. The zero-order valence-corrected chi connectivity index (χ0v) is 14.1. The van der Waals surface area contributed by atoms with Gasteiger partial charge in [0.2, 0.25) is 0 Å². The molecular weight excluding hydrogens is 272 g/mol. The standard InChI is InChI=1S/C16H28O5/c1-7-14(2,3)8-15(4,5)9-19-12(17)16(6)10-20-13(18)21-11-16/h7-11H2,1-6H3. The summed E-state index contributed by atoms with van der Waals surface area (Å²) < 4.78 is 15.0. The number of esters is 1. The monoisotopic (exact) mass is 300 g/mol. The lowest BCUT2D eigenvalue weighted by Crippen LogP contribution is -2.45. The van der Waals surface area contributed by atoms with Crippen LogP contribution in [0.3, 0.4) is 0 Å². The zero-order valence-electron chi connectivity index (χ0n) is 14.1. The summed E-state index contributed by atoms with van der Waals surface area (Å²) in [6.45, 7) is 12.8. The fourth-order valence-corrected chi connectivity index (χ4v) is 2.54. The van der Waals surface area contributed by atoms with E-state index in [1.54, 1.807) is 6.92 Å². The average molecular weight is 300 g/mol. The van der Waals surface area contributed by atoms with E-state index < -0.39 is 11.6 Å². The predicted molar refractivity (Wildman–Crippen MR) is 78.8 cm³/mol. The first kappa shape index (κ1) is 17.8. The van der Waals surface area contributed by atoms with Gasteiger partial charge in [-0.25, -0.2) is 4.79 Å². The van der Waals surface area contributed by atoms with E-state index in [1.165, 1.54) is 0 Å². The molecule has 0 unspecified atom stereocenters. The van der Waals surface area contributed by atoms with E-state index in [4.69, 9.17) is 14.2 Å². The van der Waals surface area contributed by atoms with Crippen molar-refractivity contribution >= 4 is 12.1 Å². The van der Waals surface area contributed by atoms with Crippen LogP contribution < -0.4 is 0 Å². The number of hydrogen-bond acceptors (Lipinski definition) is 5. The number of ether oxygens (including phenoxy) is 3. The zero-order chi connectivity index (χ0) is 16.3. The fourth-order valence-electron chi connectivity index (χ4n) is 2.54. The first-order valence-corrected chi connectivity index (χ1v) is 7.47. The molecule has 0 aromatic carbocycles. The minimum atomic E-state index is -0.912. The maximum atomic E-state index is 12.2. The molecule has 0 radical (unpaired) electrons. The summed E-state index contributed by atoms with van der Waals surface area (Å²) in [5.41, 5.74) is -0.800. The van der Waals surface area contributed by atoms with Gasteiger partial charge in [-0.05, 0) is 24.2 Å². The SMILES string of the molecule is CCC(C)(C)CC(C)(C)COC(=O)C1(C)COC(=O)OC1.